The number of carboxylic acid groups (broad SMARTS) is 1. The first-order valence-corrected chi connectivity index (χ1v) is 6.75. The molecule has 0 unspecified atom stereocenters. The van der Waals surface area contributed by atoms with Crippen LogP contribution in [0.15, 0.2) is 34.7 Å². The summed E-state index contributed by atoms with van der Waals surface area (Å²) in [4.78, 5) is 14.7. The van der Waals surface area contributed by atoms with Crippen LogP contribution in [0.25, 0.3) is 11.1 Å². The highest BCUT2D eigenvalue weighted by molar-refractivity contribution is 5.79. The smallest absolute Gasteiger partial charge is 0.300 e. The lowest BCUT2D eigenvalue weighted by Crippen LogP contribution is -2.24. The minimum Gasteiger partial charge on any atom is -0.550 e. The third-order valence-corrected chi connectivity index (χ3v) is 3.35. The number of hydrogen-bond donors (Lipinski definition) is 1. The monoisotopic (exact) mass is 317 g/mol. The molecule has 0 bridgehead atoms. The Kier molecular flexibility index (Phi) is 3.69. The number of oxazole rings is 1. The van der Waals surface area contributed by atoms with Gasteiger partial charge in [0, 0.05) is 18.1 Å². The van der Waals surface area contributed by atoms with E-state index in [0.717, 1.165) is 5.56 Å². The fourth-order valence-electron chi connectivity index (χ4n) is 2.19. The molecule has 0 atom stereocenters. The first kappa shape index (κ1) is 15.0. The molecule has 3 rings (SSSR count). The van der Waals surface area contributed by atoms with Crippen LogP contribution in [0.4, 0.5) is 20.5 Å². The molecule has 3 aromatic rings. The van der Waals surface area contributed by atoms with E-state index in [1.54, 1.807) is 13.0 Å². The molecule has 0 aliphatic carbocycles. The second-order valence-electron chi connectivity index (χ2n) is 5.04. The van der Waals surface area contributed by atoms with Crippen molar-refractivity contribution < 1.29 is 23.1 Å². The maximum absolute atomic E-state index is 14.2. The minimum absolute atomic E-state index is 0.0156. The number of rotatable bonds is 4. The van der Waals surface area contributed by atoms with Gasteiger partial charge in [-0.05, 0) is 36.2 Å². The summed E-state index contributed by atoms with van der Waals surface area (Å²) < 4.78 is 32.8. The predicted molar refractivity (Wildman–Crippen MR) is 77.1 cm³/mol. The first-order valence-electron chi connectivity index (χ1n) is 6.75. The van der Waals surface area contributed by atoms with Crippen LogP contribution < -0.4 is 10.4 Å². The van der Waals surface area contributed by atoms with Crippen molar-refractivity contribution in [2.24, 2.45) is 0 Å². The Balaban J connectivity index is 1.98. The molecule has 0 saturated carbocycles. The Labute approximate surface area is 129 Å². The summed E-state index contributed by atoms with van der Waals surface area (Å²) in [7, 11) is 0. The Morgan fingerprint density at radius 3 is 2.83 bits per heavy atom. The van der Waals surface area contributed by atoms with Crippen LogP contribution in [0.2, 0.25) is 0 Å². The summed E-state index contributed by atoms with van der Waals surface area (Å²) in [5.41, 5.74) is 1.20. The average Bonchev–Trinajstić information content (AvgIpc) is 2.89. The molecule has 0 fully saturated rings. The maximum atomic E-state index is 14.2. The molecule has 2 aromatic carbocycles. The van der Waals surface area contributed by atoms with Crippen LogP contribution in [-0.2, 0) is 11.2 Å². The van der Waals surface area contributed by atoms with Gasteiger partial charge in [-0.25, -0.2) is 8.78 Å². The third-order valence-electron chi connectivity index (χ3n) is 3.35. The van der Waals surface area contributed by atoms with Crippen LogP contribution in [0.3, 0.4) is 0 Å². The topological polar surface area (TPSA) is 78.2 Å². The number of carbonyl (C=O) groups is 1. The highest BCUT2D eigenvalue weighted by Gasteiger charge is 2.15. The number of aliphatic carboxylic acids is 1. The summed E-state index contributed by atoms with van der Waals surface area (Å²) in [6, 6.07) is 6.91. The van der Waals surface area contributed by atoms with E-state index >= 15 is 0 Å². The summed E-state index contributed by atoms with van der Waals surface area (Å²) in [6.07, 6.45) is -0.561. The van der Waals surface area contributed by atoms with Gasteiger partial charge in [0.2, 0.25) is 0 Å². The fraction of sp³-hybridized carbons (Fsp3) is 0.125. The largest absolute Gasteiger partial charge is 0.550 e. The molecule has 5 nitrogen and oxygen atoms in total. The van der Waals surface area contributed by atoms with Crippen molar-refractivity contribution in [3.05, 3.63) is 53.1 Å². The number of nitrogens with zero attached hydrogens (tertiary/aromatic N) is 1. The van der Waals surface area contributed by atoms with E-state index in [9.17, 15) is 18.7 Å². The predicted octanol–water partition coefficient (Wildman–Crippen LogP) is 2.45. The number of benzene rings is 2. The Morgan fingerprint density at radius 2 is 2.09 bits per heavy atom. The number of fused-ring (bicyclic) bond motifs is 1. The van der Waals surface area contributed by atoms with Crippen LogP contribution in [-0.4, -0.2) is 11.0 Å². The van der Waals surface area contributed by atoms with Crippen LogP contribution in [0, 0.1) is 18.6 Å². The van der Waals surface area contributed by atoms with Gasteiger partial charge in [-0.3, -0.25) is 0 Å². The van der Waals surface area contributed by atoms with E-state index < -0.39 is 24.0 Å². The fourth-order valence-corrected chi connectivity index (χ4v) is 2.19. The summed E-state index contributed by atoms with van der Waals surface area (Å²) in [5, 5.41) is 13.4. The standard InChI is InChI=1S/C16H12F2N2O3/c1-8-2-4-10(17)7-12(8)20-16-19-11-5-3-9(6-13(21)22)14(18)15(11)23-16/h2-5,7H,6H2,1H3,(H,19,20)(H,21,22)/p-1. The van der Waals surface area contributed by atoms with Crippen molar-refractivity contribution in [2.45, 2.75) is 13.3 Å². The van der Waals surface area contributed by atoms with E-state index in [1.165, 1.54) is 24.3 Å². The van der Waals surface area contributed by atoms with Gasteiger partial charge in [-0.2, -0.15) is 4.98 Å². The summed E-state index contributed by atoms with van der Waals surface area (Å²) >= 11 is 0. The van der Waals surface area contributed by atoms with Crippen molar-refractivity contribution in [3.63, 3.8) is 0 Å². The van der Waals surface area contributed by atoms with Gasteiger partial charge < -0.3 is 19.6 Å². The molecule has 1 heterocycles. The SMILES string of the molecule is Cc1ccc(F)cc1Nc1nc2ccc(CC(=O)[O-])c(F)c2o1. The lowest BCUT2D eigenvalue weighted by Gasteiger charge is -2.05. The number of carbonyl (C=O) groups excluding carboxylic acids is 1. The molecular weight excluding hydrogens is 306 g/mol. The molecule has 23 heavy (non-hydrogen) atoms. The third kappa shape index (κ3) is 2.98. The highest BCUT2D eigenvalue weighted by atomic mass is 19.1. The molecule has 0 aliphatic heterocycles. The summed E-state index contributed by atoms with van der Waals surface area (Å²) in [6.45, 7) is 1.77. The molecule has 0 radical (unpaired) electrons. The van der Waals surface area contributed by atoms with Gasteiger partial charge in [0.25, 0.3) is 6.01 Å². The maximum Gasteiger partial charge on any atom is 0.300 e. The van der Waals surface area contributed by atoms with E-state index in [1.807, 2.05) is 0 Å². The number of halogens is 2. The molecule has 0 saturated heterocycles. The highest BCUT2D eigenvalue weighted by Crippen LogP contribution is 2.27. The van der Waals surface area contributed by atoms with Crippen molar-refractivity contribution in [1.29, 1.82) is 0 Å². The Morgan fingerprint density at radius 1 is 1.30 bits per heavy atom. The number of hydrogen-bond acceptors (Lipinski definition) is 5. The van der Waals surface area contributed by atoms with Crippen LogP contribution in [0.1, 0.15) is 11.1 Å². The minimum atomic E-state index is -1.39. The van der Waals surface area contributed by atoms with Crippen molar-refractivity contribution >= 4 is 28.8 Å². The lowest BCUT2D eigenvalue weighted by atomic mass is 10.1. The average molecular weight is 317 g/mol. The molecule has 0 amide bonds. The molecule has 1 N–H and O–H groups in total. The number of aryl methyl sites for hydroxylation is 1. The molecule has 7 heteroatoms. The first-order chi connectivity index (χ1) is 10.9. The van der Waals surface area contributed by atoms with E-state index in [0.29, 0.717) is 5.69 Å². The van der Waals surface area contributed by atoms with Gasteiger partial charge in [0.05, 0.1) is 0 Å². The van der Waals surface area contributed by atoms with E-state index in [4.69, 9.17) is 4.42 Å². The number of nitrogens with one attached hydrogen (secondary N) is 1. The molecule has 0 aliphatic rings. The molecule has 0 spiro atoms. The number of carboxylic acids is 1. The quantitative estimate of drug-likeness (QED) is 0.799. The van der Waals surface area contributed by atoms with E-state index in [2.05, 4.69) is 10.3 Å². The van der Waals surface area contributed by atoms with E-state index in [-0.39, 0.29) is 22.7 Å². The molecule has 1 aromatic heterocycles. The van der Waals surface area contributed by atoms with Crippen LogP contribution >= 0.6 is 0 Å². The van der Waals surface area contributed by atoms with Crippen molar-refractivity contribution in [3.8, 4) is 0 Å². The second kappa shape index (κ2) is 5.68. The zero-order valence-electron chi connectivity index (χ0n) is 12.0. The van der Waals surface area contributed by atoms with Crippen molar-refractivity contribution in [2.75, 3.05) is 5.32 Å². The van der Waals surface area contributed by atoms with Gasteiger partial charge in [-0.15, -0.1) is 0 Å². The van der Waals surface area contributed by atoms with Gasteiger partial charge in [0.1, 0.15) is 11.3 Å². The number of aromatic nitrogens is 1. The normalized spacial score (nSPS) is 10.9. The van der Waals surface area contributed by atoms with Crippen molar-refractivity contribution in [1.82, 2.24) is 4.98 Å². The summed E-state index contributed by atoms with van der Waals surface area (Å²) in [5.74, 6) is -2.63. The molecular formula is C16H11F2N2O3-. The van der Waals surface area contributed by atoms with Gasteiger partial charge in [-0.1, -0.05) is 12.1 Å². The second-order valence-corrected chi connectivity index (χ2v) is 5.04. The molecule has 118 valence electrons. The zero-order valence-corrected chi connectivity index (χ0v) is 12.0. The van der Waals surface area contributed by atoms with Gasteiger partial charge >= 0.3 is 0 Å². The Bertz CT molecular complexity index is 906. The van der Waals surface area contributed by atoms with Crippen LogP contribution in [0.5, 0.6) is 0 Å². The Hall–Kier alpha value is -2.96. The zero-order chi connectivity index (χ0) is 16.6. The number of anilines is 2. The lowest BCUT2D eigenvalue weighted by molar-refractivity contribution is -0.304. The van der Waals surface area contributed by atoms with Gasteiger partial charge in [0.15, 0.2) is 11.4 Å².